The van der Waals surface area contributed by atoms with Gasteiger partial charge in [0.2, 0.25) is 0 Å². The predicted molar refractivity (Wildman–Crippen MR) is 67.4 cm³/mol. The van der Waals surface area contributed by atoms with Crippen LogP contribution in [-0.4, -0.2) is 11.8 Å². The van der Waals surface area contributed by atoms with E-state index in [4.69, 9.17) is 9.26 Å². The van der Waals surface area contributed by atoms with Gasteiger partial charge in [-0.3, -0.25) is 0 Å². The maximum atomic E-state index is 5.51. The third kappa shape index (κ3) is 2.24. The number of nitrogens with zero attached hydrogens (tertiary/aromatic N) is 1. The lowest BCUT2D eigenvalue weighted by molar-refractivity contribution is 0.356. The number of ether oxygens (including phenoxy) is 1. The summed E-state index contributed by atoms with van der Waals surface area (Å²) in [6, 6.07) is 8.56. The van der Waals surface area contributed by atoms with Gasteiger partial charge in [0.05, 0.1) is 12.3 Å². The molecular formula is C14H16N2O2. The van der Waals surface area contributed by atoms with E-state index < -0.39 is 0 Å². The van der Waals surface area contributed by atoms with Crippen LogP contribution in [0.5, 0.6) is 5.75 Å². The molecule has 4 heteroatoms. The minimum Gasteiger partial charge on any atom is -0.493 e. The fraction of sp³-hybridized carbons (Fsp3) is 0.357. The van der Waals surface area contributed by atoms with Crippen LogP contribution in [0.3, 0.4) is 0 Å². The number of rotatable bonds is 4. The molecule has 1 aromatic carbocycles. The standard InChI is InChI=1S/C14H16N2O2/c1-10(15-9-13-5-7-18-16-13)11-2-3-14-12(8-11)4-6-17-14/h2-3,5,7-8,10,15H,4,6,9H2,1H3. The van der Waals surface area contributed by atoms with Gasteiger partial charge in [-0.25, -0.2) is 0 Å². The van der Waals surface area contributed by atoms with Crippen molar-refractivity contribution in [2.75, 3.05) is 6.61 Å². The predicted octanol–water partition coefficient (Wildman–Crippen LogP) is 2.46. The van der Waals surface area contributed by atoms with Crippen molar-refractivity contribution >= 4 is 0 Å². The molecule has 1 unspecified atom stereocenters. The van der Waals surface area contributed by atoms with Crippen LogP contribution >= 0.6 is 0 Å². The molecule has 1 aliphatic rings. The second kappa shape index (κ2) is 4.82. The molecule has 2 aromatic rings. The van der Waals surface area contributed by atoms with Gasteiger partial charge >= 0.3 is 0 Å². The Hall–Kier alpha value is -1.81. The van der Waals surface area contributed by atoms with Crippen molar-refractivity contribution in [2.45, 2.75) is 25.9 Å². The molecule has 0 radical (unpaired) electrons. The average Bonchev–Trinajstić information content (AvgIpc) is 3.05. The summed E-state index contributed by atoms with van der Waals surface area (Å²) in [6.07, 6.45) is 2.60. The second-order valence-corrected chi connectivity index (χ2v) is 4.56. The first-order valence-corrected chi connectivity index (χ1v) is 6.21. The first kappa shape index (κ1) is 11.3. The minimum absolute atomic E-state index is 0.285. The molecule has 1 aliphatic heterocycles. The van der Waals surface area contributed by atoms with E-state index in [2.05, 4.69) is 35.6 Å². The number of hydrogen-bond donors (Lipinski definition) is 1. The van der Waals surface area contributed by atoms with Crippen molar-refractivity contribution in [3.8, 4) is 5.75 Å². The summed E-state index contributed by atoms with van der Waals surface area (Å²) in [6.45, 7) is 3.67. The first-order valence-electron chi connectivity index (χ1n) is 6.21. The Kier molecular flexibility index (Phi) is 3.02. The van der Waals surface area contributed by atoms with Gasteiger partial charge in [0.15, 0.2) is 0 Å². The topological polar surface area (TPSA) is 47.3 Å². The number of nitrogens with one attached hydrogen (secondary N) is 1. The maximum absolute atomic E-state index is 5.51. The monoisotopic (exact) mass is 244 g/mol. The van der Waals surface area contributed by atoms with Gasteiger partial charge in [-0.1, -0.05) is 17.3 Å². The van der Waals surface area contributed by atoms with E-state index in [9.17, 15) is 0 Å². The molecule has 0 aliphatic carbocycles. The Bertz CT molecular complexity index is 523. The lowest BCUT2D eigenvalue weighted by atomic mass is 10.0. The van der Waals surface area contributed by atoms with Gasteiger partial charge in [0.1, 0.15) is 12.0 Å². The molecule has 4 nitrogen and oxygen atoms in total. The quantitative estimate of drug-likeness (QED) is 0.897. The summed E-state index contributed by atoms with van der Waals surface area (Å²) >= 11 is 0. The molecule has 18 heavy (non-hydrogen) atoms. The molecule has 0 amide bonds. The third-order valence-electron chi connectivity index (χ3n) is 3.29. The van der Waals surface area contributed by atoms with Crippen molar-refractivity contribution in [1.82, 2.24) is 10.5 Å². The van der Waals surface area contributed by atoms with Crippen LogP contribution in [0.2, 0.25) is 0 Å². The lowest BCUT2D eigenvalue weighted by Gasteiger charge is -2.14. The van der Waals surface area contributed by atoms with Crippen LogP contribution in [0.25, 0.3) is 0 Å². The molecule has 1 N–H and O–H groups in total. The van der Waals surface area contributed by atoms with Crippen molar-refractivity contribution in [3.63, 3.8) is 0 Å². The molecule has 0 saturated heterocycles. The third-order valence-corrected chi connectivity index (χ3v) is 3.29. The van der Waals surface area contributed by atoms with Gasteiger partial charge < -0.3 is 14.6 Å². The number of hydrogen-bond acceptors (Lipinski definition) is 4. The van der Waals surface area contributed by atoms with E-state index in [1.54, 1.807) is 6.26 Å². The highest BCUT2D eigenvalue weighted by molar-refractivity contribution is 5.40. The van der Waals surface area contributed by atoms with Crippen molar-refractivity contribution < 1.29 is 9.26 Å². The molecule has 0 bridgehead atoms. The smallest absolute Gasteiger partial charge is 0.124 e. The van der Waals surface area contributed by atoms with Crippen molar-refractivity contribution in [2.24, 2.45) is 0 Å². The number of fused-ring (bicyclic) bond motifs is 1. The fourth-order valence-electron chi connectivity index (χ4n) is 2.18. The highest BCUT2D eigenvalue weighted by Gasteiger charge is 2.14. The Labute approximate surface area is 106 Å². The molecule has 0 spiro atoms. The highest BCUT2D eigenvalue weighted by atomic mass is 16.5. The molecule has 3 rings (SSSR count). The summed E-state index contributed by atoms with van der Waals surface area (Å²) in [5.41, 5.74) is 3.51. The van der Waals surface area contributed by atoms with Gasteiger partial charge in [-0.05, 0) is 24.1 Å². The Morgan fingerprint density at radius 2 is 2.33 bits per heavy atom. The molecule has 2 heterocycles. The van der Waals surface area contributed by atoms with Crippen LogP contribution < -0.4 is 10.1 Å². The number of aromatic nitrogens is 1. The summed E-state index contributed by atoms with van der Waals surface area (Å²) in [5, 5.41) is 7.31. The van der Waals surface area contributed by atoms with Crippen LogP contribution in [0, 0.1) is 0 Å². The van der Waals surface area contributed by atoms with E-state index in [0.717, 1.165) is 24.5 Å². The van der Waals surface area contributed by atoms with E-state index >= 15 is 0 Å². The molecule has 1 aromatic heterocycles. The SMILES string of the molecule is CC(NCc1ccon1)c1ccc2c(c1)CCO2. The average molecular weight is 244 g/mol. The number of benzene rings is 1. The highest BCUT2D eigenvalue weighted by Crippen LogP contribution is 2.28. The largest absolute Gasteiger partial charge is 0.493 e. The van der Waals surface area contributed by atoms with Crippen molar-refractivity contribution in [3.05, 3.63) is 47.3 Å². The van der Waals surface area contributed by atoms with Crippen LogP contribution in [0.15, 0.2) is 35.1 Å². The maximum Gasteiger partial charge on any atom is 0.124 e. The second-order valence-electron chi connectivity index (χ2n) is 4.56. The summed E-state index contributed by atoms with van der Waals surface area (Å²) in [7, 11) is 0. The van der Waals surface area contributed by atoms with E-state index in [0.29, 0.717) is 6.54 Å². The van der Waals surface area contributed by atoms with Gasteiger partial charge in [-0.2, -0.15) is 0 Å². The van der Waals surface area contributed by atoms with Crippen LogP contribution in [0.1, 0.15) is 29.8 Å². The van der Waals surface area contributed by atoms with Crippen LogP contribution in [0.4, 0.5) is 0 Å². The molecule has 0 fully saturated rings. The van der Waals surface area contributed by atoms with Crippen LogP contribution in [-0.2, 0) is 13.0 Å². The normalized spacial score (nSPS) is 15.2. The Balaban J connectivity index is 1.67. The zero-order valence-corrected chi connectivity index (χ0v) is 10.3. The summed E-state index contributed by atoms with van der Waals surface area (Å²) < 4.78 is 10.3. The molecule has 0 saturated carbocycles. The van der Waals surface area contributed by atoms with Gasteiger partial charge in [0.25, 0.3) is 0 Å². The van der Waals surface area contributed by atoms with Crippen molar-refractivity contribution in [1.29, 1.82) is 0 Å². The van der Waals surface area contributed by atoms with Gasteiger partial charge in [0, 0.05) is 25.1 Å². The fourth-order valence-corrected chi connectivity index (χ4v) is 2.18. The Morgan fingerprint density at radius 1 is 1.39 bits per heavy atom. The first-order chi connectivity index (χ1) is 8.83. The zero-order valence-electron chi connectivity index (χ0n) is 10.3. The van der Waals surface area contributed by atoms with E-state index in [-0.39, 0.29) is 6.04 Å². The Morgan fingerprint density at radius 3 is 3.17 bits per heavy atom. The summed E-state index contributed by atoms with van der Waals surface area (Å²) in [4.78, 5) is 0. The van der Waals surface area contributed by atoms with E-state index in [1.165, 1.54) is 11.1 Å². The lowest BCUT2D eigenvalue weighted by Crippen LogP contribution is -2.18. The van der Waals surface area contributed by atoms with E-state index in [1.807, 2.05) is 6.07 Å². The molecule has 94 valence electrons. The zero-order chi connectivity index (χ0) is 12.4. The minimum atomic E-state index is 0.285. The summed E-state index contributed by atoms with van der Waals surface area (Å²) in [5.74, 6) is 1.03. The van der Waals surface area contributed by atoms with Gasteiger partial charge in [-0.15, -0.1) is 0 Å². The molecule has 1 atom stereocenters. The molecular weight excluding hydrogens is 228 g/mol.